The van der Waals surface area contributed by atoms with Gasteiger partial charge in [0.05, 0.1) is 5.69 Å². The van der Waals surface area contributed by atoms with E-state index < -0.39 is 0 Å². The van der Waals surface area contributed by atoms with Gasteiger partial charge >= 0.3 is 0 Å². The average Bonchev–Trinajstić information content (AvgIpc) is 2.47. The number of nitrogens with one attached hydrogen (secondary N) is 1. The molecular formula is C9H15N3. The molecule has 2 rings (SSSR count). The molecule has 0 spiro atoms. The van der Waals surface area contributed by atoms with Crippen LogP contribution in [0, 0.1) is 12.8 Å². The summed E-state index contributed by atoms with van der Waals surface area (Å²) in [6, 6.07) is 0. The highest BCUT2D eigenvalue weighted by Gasteiger charge is 2.20. The highest BCUT2D eigenvalue weighted by molar-refractivity contribution is 5.27. The lowest BCUT2D eigenvalue weighted by Gasteiger charge is -2.19. The van der Waals surface area contributed by atoms with Crippen molar-refractivity contribution in [2.75, 3.05) is 6.54 Å². The first kappa shape index (κ1) is 7.80. The van der Waals surface area contributed by atoms with Crippen LogP contribution in [0.25, 0.3) is 0 Å². The van der Waals surface area contributed by atoms with Crippen LogP contribution in [-0.4, -0.2) is 16.7 Å². The first-order valence-electron chi connectivity index (χ1n) is 4.54. The van der Waals surface area contributed by atoms with Gasteiger partial charge in [0.1, 0.15) is 0 Å². The molecule has 3 N–H and O–H groups in total. The number of hydrogen-bond donors (Lipinski definition) is 2. The second-order valence-electron chi connectivity index (χ2n) is 3.62. The van der Waals surface area contributed by atoms with Crippen molar-refractivity contribution in [2.24, 2.45) is 11.7 Å². The monoisotopic (exact) mass is 165 g/mol. The zero-order valence-corrected chi connectivity index (χ0v) is 7.43. The lowest BCUT2D eigenvalue weighted by Crippen LogP contribution is -2.22. The van der Waals surface area contributed by atoms with E-state index >= 15 is 0 Å². The van der Waals surface area contributed by atoms with E-state index in [1.165, 1.54) is 23.4 Å². The van der Waals surface area contributed by atoms with Gasteiger partial charge in [0.25, 0.3) is 0 Å². The van der Waals surface area contributed by atoms with Crippen LogP contribution in [0.1, 0.15) is 23.4 Å². The van der Waals surface area contributed by atoms with Gasteiger partial charge in [0.15, 0.2) is 0 Å². The number of rotatable bonds is 1. The van der Waals surface area contributed by atoms with Crippen molar-refractivity contribution < 1.29 is 0 Å². The predicted octanol–water partition coefficient (Wildman–Crippen LogP) is 0.782. The summed E-state index contributed by atoms with van der Waals surface area (Å²) >= 11 is 0. The Kier molecular flexibility index (Phi) is 1.89. The van der Waals surface area contributed by atoms with Crippen LogP contribution < -0.4 is 5.73 Å². The minimum atomic E-state index is 0.653. The third-order valence-electron chi connectivity index (χ3n) is 2.78. The topological polar surface area (TPSA) is 54.7 Å². The van der Waals surface area contributed by atoms with Gasteiger partial charge in [-0.3, -0.25) is 5.10 Å². The van der Waals surface area contributed by atoms with Crippen molar-refractivity contribution in [1.29, 1.82) is 0 Å². The van der Waals surface area contributed by atoms with Crippen LogP contribution in [0.15, 0.2) is 0 Å². The van der Waals surface area contributed by atoms with Crippen LogP contribution in [0.5, 0.6) is 0 Å². The molecule has 12 heavy (non-hydrogen) atoms. The fraction of sp³-hybridized carbons (Fsp3) is 0.667. The summed E-state index contributed by atoms with van der Waals surface area (Å²) in [6.45, 7) is 2.89. The third-order valence-corrected chi connectivity index (χ3v) is 2.78. The van der Waals surface area contributed by atoms with Gasteiger partial charge in [0, 0.05) is 5.69 Å². The molecule has 0 fully saturated rings. The van der Waals surface area contributed by atoms with Crippen molar-refractivity contribution >= 4 is 0 Å². The van der Waals surface area contributed by atoms with E-state index in [1.807, 2.05) is 0 Å². The average molecular weight is 165 g/mol. The van der Waals surface area contributed by atoms with Gasteiger partial charge in [-0.05, 0) is 44.2 Å². The Hall–Kier alpha value is -0.830. The minimum absolute atomic E-state index is 0.653. The van der Waals surface area contributed by atoms with Gasteiger partial charge in [-0.2, -0.15) is 5.10 Å². The lowest BCUT2D eigenvalue weighted by atomic mass is 9.87. The summed E-state index contributed by atoms with van der Waals surface area (Å²) in [5, 5.41) is 7.31. The molecule has 0 saturated carbocycles. The number of fused-ring (bicyclic) bond motifs is 1. The molecule has 0 saturated heterocycles. The summed E-state index contributed by atoms with van der Waals surface area (Å²) in [5.74, 6) is 0.653. The molecule has 66 valence electrons. The van der Waals surface area contributed by atoms with Gasteiger partial charge in [-0.1, -0.05) is 0 Å². The van der Waals surface area contributed by atoms with Crippen molar-refractivity contribution in [3.8, 4) is 0 Å². The Bertz CT molecular complexity index is 277. The van der Waals surface area contributed by atoms with Crippen LogP contribution in [0.4, 0.5) is 0 Å². The molecule has 0 aliphatic heterocycles. The highest BCUT2D eigenvalue weighted by atomic mass is 15.1. The number of nitrogens with two attached hydrogens (primary N) is 1. The maximum absolute atomic E-state index is 5.63. The molecule has 0 amide bonds. The molecule has 0 aromatic carbocycles. The maximum atomic E-state index is 5.63. The Labute approximate surface area is 72.4 Å². The van der Waals surface area contributed by atoms with E-state index in [9.17, 15) is 0 Å². The molecule has 0 bridgehead atoms. The lowest BCUT2D eigenvalue weighted by molar-refractivity contribution is 0.463. The van der Waals surface area contributed by atoms with Crippen molar-refractivity contribution in [3.63, 3.8) is 0 Å². The highest BCUT2D eigenvalue weighted by Crippen LogP contribution is 2.24. The van der Waals surface area contributed by atoms with Gasteiger partial charge < -0.3 is 5.73 Å². The molecule has 1 aliphatic carbocycles. The van der Waals surface area contributed by atoms with E-state index in [4.69, 9.17) is 5.73 Å². The summed E-state index contributed by atoms with van der Waals surface area (Å²) in [6.07, 6.45) is 3.44. The summed E-state index contributed by atoms with van der Waals surface area (Å²) in [4.78, 5) is 0. The smallest absolute Gasteiger partial charge is 0.0660 e. The molecule has 3 heteroatoms. The number of aryl methyl sites for hydroxylation is 1. The molecule has 1 atom stereocenters. The molecule has 1 unspecified atom stereocenters. The summed E-state index contributed by atoms with van der Waals surface area (Å²) in [7, 11) is 0. The Morgan fingerprint density at radius 1 is 1.67 bits per heavy atom. The summed E-state index contributed by atoms with van der Waals surface area (Å²) < 4.78 is 0. The number of H-pyrrole nitrogens is 1. The Morgan fingerprint density at radius 2 is 2.50 bits per heavy atom. The van der Waals surface area contributed by atoms with Crippen LogP contribution in [-0.2, 0) is 12.8 Å². The fourth-order valence-corrected chi connectivity index (χ4v) is 1.93. The zero-order chi connectivity index (χ0) is 8.55. The van der Waals surface area contributed by atoms with Crippen molar-refractivity contribution in [3.05, 3.63) is 17.0 Å². The summed E-state index contributed by atoms with van der Waals surface area (Å²) in [5.41, 5.74) is 9.54. The SMILES string of the molecule is Cc1[nH]nc2c1CCC(CN)C2. The van der Waals surface area contributed by atoms with Gasteiger partial charge in [-0.15, -0.1) is 0 Å². The van der Waals surface area contributed by atoms with Crippen molar-refractivity contribution in [1.82, 2.24) is 10.2 Å². The molecule has 1 aliphatic rings. The van der Waals surface area contributed by atoms with Crippen LogP contribution in [0.3, 0.4) is 0 Å². The quantitative estimate of drug-likeness (QED) is 0.646. The predicted molar refractivity (Wildman–Crippen MR) is 47.9 cm³/mol. The second kappa shape index (κ2) is 2.90. The standard InChI is InChI=1S/C9H15N3/c1-6-8-3-2-7(5-10)4-9(8)12-11-6/h7H,2-5,10H2,1H3,(H,11,12). The normalized spacial score (nSPS) is 22.3. The van der Waals surface area contributed by atoms with E-state index in [0.29, 0.717) is 5.92 Å². The molecule has 0 radical (unpaired) electrons. The number of nitrogens with zero attached hydrogens (tertiary/aromatic N) is 1. The minimum Gasteiger partial charge on any atom is -0.330 e. The second-order valence-corrected chi connectivity index (χ2v) is 3.62. The number of hydrogen-bond acceptors (Lipinski definition) is 2. The van der Waals surface area contributed by atoms with Gasteiger partial charge in [-0.25, -0.2) is 0 Å². The van der Waals surface area contributed by atoms with Crippen molar-refractivity contribution in [2.45, 2.75) is 26.2 Å². The fourth-order valence-electron chi connectivity index (χ4n) is 1.93. The molecule has 3 nitrogen and oxygen atoms in total. The first-order chi connectivity index (χ1) is 5.81. The largest absolute Gasteiger partial charge is 0.330 e. The number of aromatic nitrogens is 2. The molecular weight excluding hydrogens is 150 g/mol. The van der Waals surface area contributed by atoms with E-state index in [-0.39, 0.29) is 0 Å². The Morgan fingerprint density at radius 3 is 3.25 bits per heavy atom. The molecule has 1 aromatic heterocycles. The molecule has 1 aromatic rings. The Balaban J connectivity index is 2.24. The number of aromatic amines is 1. The van der Waals surface area contributed by atoms with E-state index in [1.54, 1.807) is 0 Å². The zero-order valence-electron chi connectivity index (χ0n) is 7.43. The van der Waals surface area contributed by atoms with Crippen LogP contribution >= 0.6 is 0 Å². The molecule has 1 heterocycles. The maximum Gasteiger partial charge on any atom is 0.0660 e. The third kappa shape index (κ3) is 1.14. The van der Waals surface area contributed by atoms with E-state index in [2.05, 4.69) is 17.1 Å². The first-order valence-corrected chi connectivity index (χ1v) is 4.54. The van der Waals surface area contributed by atoms with E-state index in [0.717, 1.165) is 19.4 Å². The van der Waals surface area contributed by atoms with Gasteiger partial charge in [0.2, 0.25) is 0 Å². The van der Waals surface area contributed by atoms with Crippen LogP contribution in [0.2, 0.25) is 0 Å².